The van der Waals surface area contributed by atoms with Gasteiger partial charge in [-0.2, -0.15) is 5.26 Å². The minimum atomic E-state index is -2.95. The van der Waals surface area contributed by atoms with Crippen molar-refractivity contribution in [1.29, 1.82) is 5.26 Å². The highest BCUT2D eigenvalue weighted by Gasteiger charge is 2.50. The van der Waals surface area contributed by atoms with Gasteiger partial charge < -0.3 is 33.2 Å². The molecule has 1 aliphatic rings. The normalized spacial score (nSPS) is 14.0. The van der Waals surface area contributed by atoms with Crippen LogP contribution in [-0.4, -0.2) is 71.4 Å². The van der Waals surface area contributed by atoms with Crippen LogP contribution in [0.1, 0.15) is 43.5 Å². The van der Waals surface area contributed by atoms with Crippen LogP contribution >= 0.6 is 0 Å². The molecule has 1 N–H and O–H groups in total. The molecule has 0 unspecified atom stereocenters. The monoisotopic (exact) mass is 696 g/mol. The van der Waals surface area contributed by atoms with Gasteiger partial charge in [0.25, 0.3) is 8.32 Å². The van der Waals surface area contributed by atoms with Crippen LogP contribution < -0.4 is 24.6 Å². The van der Waals surface area contributed by atoms with Crippen LogP contribution in [-0.2, 0) is 20.5 Å². The molecule has 5 rings (SSSR count). The summed E-state index contributed by atoms with van der Waals surface area (Å²) in [5, 5.41) is 23.4. The van der Waals surface area contributed by atoms with E-state index < -0.39 is 20.4 Å². The molecule has 1 aliphatic heterocycles. The molecule has 2 atom stereocenters. The summed E-state index contributed by atoms with van der Waals surface area (Å²) in [6.45, 7) is 9.15. The van der Waals surface area contributed by atoms with Gasteiger partial charge in [0, 0.05) is 18.2 Å². The molecule has 0 bridgehead atoms. The first-order valence-corrected chi connectivity index (χ1v) is 18.8. The second-order valence-corrected chi connectivity index (χ2v) is 17.7. The van der Waals surface area contributed by atoms with Crippen molar-refractivity contribution in [3.63, 3.8) is 0 Å². The van der Waals surface area contributed by atoms with Crippen molar-refractivity contribution in [3.05, 3.63) is 114 Å². The number of aliphatic hydroxyl groups is 1. The number of benzene rings is 4. The average Bonchev–Trinajstić information content (AvgIpc) is 3.63. The van der Waals surface area contributed by atoms with Gasteiger partial charge in [-0.1, -0.05) is 112 Å². The molecule has 50 heavy (non-hydrogen) atoms. The molecule has 4 aromatic rings. The average molecular weight is 697 g/mol. The third-order valence-corrected chi connectivity index (χ3v) is 14.2. The molecule has 9 nitrogen and oxygen atoms in total. The lowest BCUT2D eigenvalue weighted by Crippen LogP contribution is -2.67. The summed E-state index contributed by atoms with van der Waals surface area (Å²) >= 11 is 0. The smallest absolute Gasteiger partial charge is 0.261 e. The zero-order valence-corrected chi connectivity index (χ0v) is 30.6. The molecule has 1 heterocycles. The first-order chi connectivity index (χ1) is 24.2. The second-order valence-electron chi connectivity index (χ2n) is 13.4. The van der Waals surface area contributed by atoms with Crippen molar-refractivity contribution < 1.29 is 33.2 Å². The fourth-order valence-corrected chi connectivity index (χ4v) is 11.4. The van der Waals surface area contributed by atoms with Crippen LogP contribution in [0.4, 0.5) is 0 Å². The fraction of sp³-hybridized carbons (Fsp3) is 0.375. The summed E-state index contributed by atoms with van der Waals surface area (Å²) < 4.78 is 36.9. The highest BCUT2D eigenvalue weighted by atomic mass is 28.4. The van der Waals surface area contributed by atoms with E-state index in [1.54, 1.807) is 7.11 Å². The Balaban J connectivity index is 1.56. The molecule has 0 spiro atoms. The maximum Gasteiger partial charge on any atom is 0.261 e. The summed E-state index contributed by atoms with van der Waals surface area (Å²) in [6.07, 6.45) is 0. The van der Waals surface area contributed by atoms with Crippen molar-refractivity contribution in [3.8, 4) is 23.3 Å². The predicted molar refractivity (Wildman–Crippen MR) is 195 cm³/mol. The van der Waals surface area contributed by atoms with Crippen molar-refractivity contribution in [2.24, 2.45) is 0 Å². The first-order valence-electron chi connectivity index (χ1n) is 16.9. The van der Waals surface area contributed by atoms with E-state index in [2.05, 4.69) is 75.4 Å². The molecule has 0 radical (unpaired) electrons. The van der Waals surface area contributed by atoms with Gasteiger partial charge >= 0.3 is 0 Å². The predicted octanol–water partition coefficient (Wildman–Crippen LogP) is 5.73. The molecular formula is C40H48N2O7Si. The molecule has 10 heteroatoms. The van der Waals surface area contributed by atoms with E-state index in [0.29, 0.717) is 29.4 Å². The van der Waals surface area contributed by atoms with Crippen molar-refractivity contribution >= 4 is 18.7 Å². The number of rotatable bonds is 17. The number of aliphatic hydroxyl groups excluding tert-OH is 1. The molecule has 0 fully saturated rings. The van der Waals surface area contributed by atoms with Crippen LogP contribution in [0.3, 0.4) is 0 Å². The summed E-state index contributed by atoms with van der Waals surface area (Å²) in [5.41, 5.74) is 2.48. The summed E-state index contributed by atoms with van der Waals surface area (Å²) in [4.78, 5) is 1.93. The van der Waals surface area contributed by atoms with E-state index in [1.165, 1.54) is 0 Å². The third-order valence-electron chi connectivity index (χ3n) is 9.18. The Morgan fingerprint density at radius 1 is 0.900 bits per heavy atom. The molecule has 4 aromatic carbocycles. The molecular weight excluding hydrogens is 649 g/mol. The number of nitrogens with zero attached hydrogens (tertiary/aromatic N) is 2. The van der Waals surface area contributed by atoms with Gasteiger partial charge in [-0.25, -0.2) is 0 Å². The van der Waals surface area contributed by atoms with E-state index in [0.717, 1.165) is 21.5 Å². The van der Waals surface area contributed by atoms with Gasteiger partial charge in [-0.3, -0.25) is 4.90 Å². The first kappa shape index (κ1) is 37.1. The zero-order chi connectivity index (χ0) is 35.6. The third kappa shape index (κ3) is 8.05. The van der Waals surface area contributed by atoms with Gasteiger partial charge in [-0.05, 0) is 34.0 Å². The van der Waals surface area contributed by atoms with Gasteiger partial charge in [-0.15, -0.1) is 0 Å². The van der Waals surface area contributed by atoms with Crippen molar-refractivity contribution in [2.45, 2.75) is 51.4 Å². The standard InChI is InChI=1S/C40H48N2O7Si/c1-30-37(46-25-31-15-9-6-10-16-31)23-35(39-38(30)47-29-48-39)36(24-43)42(22-21-41)32(26-45-28-44-5)27-49-50(40(2,3)4,33-17-11-7-12-18-33)34-19-13-8-14-20-34/h6-20,23,32,36,43H,22,24-29H2,1-5H3/t32-,36-/m0/s1. The fourth-order valence-electron chi connectivity index (χ4n) is 6.78. The number of fused-ring (bicyclic) bond motifs is 1. The Labute approximate surface area is 297 Å². The SMILES string of the molecule is COCOC[C@@H](CO[Si](c1ccccc1)(c1ccccc1)C(C)(C)C)N(CC#N)[C@@H](CO)c1cc(OCc2ccccc2)c(C)c2c1OCO2. The second kappa shape index (κ2) is 17.1. The lowest BCUT2D eigenvalue weighted by Gasteiger charge is -2.45. The molecule has 0 saturated heterocycles. The Morgan fingerprint density at radius 3 is 2.06 bits per heavy atom. The molecule has 264 valence electrons. The van der Waals surface area contributed by atoms with Crippen molar-refractivity contribution in [2.75, 3.05) is 47.1 Å². The maximum atomic E-state index is 11.1. The van der Waals surface area contributed by atoms with Gasteiger partial charge in [0.2, 0.25) is 6.79 Å². The Morgan fingerprint density at radius 2 is 1.50 bits per heavy atom. The van der Waals surface area contributed by atoms with Crippen LogP contribution in [0.25, 0.3) is 0 Å². The van der Waals surface area contributed by atoms with E-state index in [1.807, 2.05) is 60.4 Å². The number of ether oxygens (including phenoxy) is 5. The minimum Gasteiger partial charge on any atom is -0.488 e. The Bertz CT molecular complexity index is 1660. The van der Waals surface area contributed by atoms with E-state index in [9.17, 15) is 10.4 Å². The lowest BCUT2D eigenvalue weighted by molar-refractivity contribution is -0.0650. The Kier molecular flexibility index (Phi) is 12.7. The summed E-state index contributed by atoms with van der Waals surface area (Å²) in [7, 11) is -1.38. The van der Waals surface area contributed by atoms with Crippen molar-refractivity contribution in [1.82, 2.24) is 4.90 Å². The minimum absolute atomic E-state index is 0.0138. The molecule has 0 amide bonds. The van der Waals surface area contributed by atoms with Gasteiger partial charge in [0.05, 0.1) is 44.5 Å². The molecule has 0 aliphatic carbocycles. The summed E-state index contributed by atoms with van der Waals surface area (Å²) in [5.74, 6) is 1.71. The van der Waals surface area contributed by atoms with Crippen LogP contribution in [0.5, 0.6) is 17.2 Å². The van der Waals surface area contributed by atoms with E-state index >= 15 is 0 Å². The number of hydrogen-bond donors (Lipinski definition) is 1. The van der Waals surface area contributed by atoms with Gasteiger partial charge in [0.1, 0.15) is 19.1 Å². The molecule has 0 aromatic heterocycles. The highest BCUT2D eigenvalue weighted by Crippen LogP contribution is 2.47. The van der Waals surface area contributed by atoms with E-state index in [-0.39, 0.29) is 45.0 Å². The highest BCUT2D eigenvalue weighted by molar-refractivity contribution is 6.99. The topological polar surface area (TPSA) is 103 Å². The largest absolute Gasteiger partial charge is 0.488 e. The lowest BCUT2D eigenvalue weighted by atomic mass is 9.99. The van der Waals surface area contributed by atoms with Crippen LogP contribution in [0.2, 0.25) is 5.04 Å². The summed E-state index contributed by atoms with van der Waals surface area (Å²) in [6, 6.07) is 33.8. The number of hydrogen-bond acceptors (Lipinski definition) is 9. The van der Waals surface area contributed by atoms with Gasteiger partial charge in [0.15, 0.2) is 11.5 Å². The number of nitriles is 1. The number of methoxy groups -OCH3 is 1. The quantitative estimate of drug-likeness (QED) is 0.0642. The van der Waals surface area contributed by atoms with E-state index in [4.69, 9.17) is 28.1 Å². The van der Waals surface area contributed by atoms with Crippen LogP contribution in [0.15, 0.2) is 97.1 Å². The maximum absolute atomic E-state index is 11.1. The Hall–Kier alpha value is -4.21. The van der Waals surface area contributed by atoms with Crippen LogP contribution in [0, 0.1) is 18.3 Å². The molecule has 0 saturated carbocycles. The zero-order valence-electron chi connectivity index (χ0n) is 29.6.